The fourth-order valence-corrected chi connectivity index (χ4v) is 4.61. The maximum atomic E-state index is 4.85. The van der Waals surface area contributed by atoms with Crippen molar-refractivity contribution in [1.82, 2.24) is 21.3 Å². The van der Waals surface area contributed by atoms with Gasteiger partial charge in [-0.05, 0) is 57.3 Å². The largest absolute Gasteiger partial charge is 0.356 e. The summed E-state index contributed by atoms with van der Waals surface area (Å²) < 4.78 is 0. The first-order valence-corrected chi connectivity index (χ1v) is 10.3. The Kier molecular flexibility index (Phi) is 5.68. The number of rotatable bonds is 2. The Morgan fingerprint density at radius 1 is 1.00 bits per heavy atom. The van der Waals surface area contributed by atoms with Crippen LogP contribution >= 0.6 is 0 Å². The molecule has 0 aromatic carbocycles. The van der Waals surface area contributed by atoms with Gasteiger partial charge in [0.05, 0.1) is 0 Å². The molecule has 2 aliphatic heterocycles. The van der Waals surface area contributed by atoms with Crippen LogP contribution in [-0.2, 0) is 0 Å². The summed E-state index contributed by atoms with van der Waals surface area (Å²) in [5.41, 5.74) is 0.300. The molecule has 1 aliphatic carbocycles. The van der Waals surface area contributed by atoms with Gasteiger partial charge in [-0.3, -0.25) is 9.98 Å². The quantitative estimate of drug-likeness (QED) is 0.608. The second-order valence-corrected chi connectivity index (χ2v) is 10.0. The van der Waals surface area contributed by atoms with E-state index in [1.165, 1.54) is 19.3 Å². The van der Waals surface area contributed by atoms with Crippen LogP contribution in [0.15, 0.2) is 9.98 Å². The summed E-state index contributed by atoms with van der Waals surface area (Å²) in [7, 11) is 0. The number of nitrogens with zero attached hydrogens (tertiary/aromatic N) is 2. The lowest BCUT2D eigenvalue weighted by atomic mass is 9.80. The monoisotopic (exact) mass is 362 g/mol. The third-order valence-electron chi connectivity index (χ3n) is 5.58. The van der Waals surface area contributed by atoms with Gasteiger partial charge in [-0.2, -0.15) is 0 Å². The van der Waals surface area contributed by atoms with E-state index in [-0.39, 0.29) is 11.0 Å². The first-order valence-electron chi connectivity index (χ1n) is 10.3. The van der Waals surface area contributed by atoms with Crippen molar-refractivity contribution in [2.45, 2.75) is 84.3 Å². The normalized spacial score (nSPS) is 33.7. The molecule has 0 aromatic rings. The zero-order chi connectivity index (χ0) is 18.8. The lowest BCUT2D eigenvalue weighted by molar-refractivity contribution is 0.261. The van der Waals surface area contributed by atoms with Gasteiger partial charge < -0.3 is 21.3 Å². The minimum absolute atomic E-state index is 0.0651. The average Bonchev–Trinajstić information content (AvgIpc) is 2.64. The number of hydrogen-bond donors (Lipinski definition) is 4. The highest BCUT2D eigenvalue weighted by Crippen LogP contribution is 2.30. The molecule has 0 aromatic heterocycles. The van der Waals surface area contributed by atoms with Crippen molar-refractivity contribution >= 4 is 11.9 Å². The number of hydrogen-bond acceptors (Lipinski definition) is 6. The van der Waals surface area contributed by atoms with E-state index in [1.54, 1.807) is 0 Å². The van der Waals surface area contributed by atoms with Crippen LogP contribution in [0, 0.1) is 11.3 Å². The smallest absolute Gasteiger partial charge is 0.191 e. The molecule has 0 spiro atoms. The van der Waals surface area contributed by atoms with Crippen molar-refractivity contribution < 1.29 is 0 Å². The summed E-state index contributed by atoms with van der Waals surface area (Å²) in [5, 5.41) is 14.4. The van der Waals surface area contributed by atoms with Crippen molar-refractivity contribution in [2.24, 2.45) is 21.3 Å². The number of aliphatic imine (C=N–C) groups is 2. The van der Waals surface area contributed by atoms with Crippen molar-refractivity contribution in [3.05, 3.63) is 0 Å². The van der Waals surface area contributed by atoms with E-state index >= 15 is 0 Å². The van der Waals surface area contributed by atoms with E-state index in [0.717, 1.165) is 44.4 Å². The molecule has 1 saturated carbocycles. The molecular formula is C20H38N6. The van der Waals surface area contributed by atoms with E-state index in [2.05, 4.69) is 60.9 Å². The molecule has 6 nitrogen and oxygen atoms in total. The van der Waals surface area contributed by atoms with Crippen LogP contribution in [0.2, 0.25) is 0 Å². The topological polar surface area (TPSA) is 72.8 Å². The minimum Gasteiger partial charge on any atom is -0.356 e. The highest BCUT2D eigenvalue weighted by molar-refractivity contribution is 5.81. The molecule has 26 heavy (non-hydrogen) atoms. The van der Waals surface area contributed by atoms with Crippen molar-refractivity contribution in [1.29, 1.82) is 0 Å². The van der Waals surface area contributed by atoms with Crippen molar-refractivity contribution in [2.75, 3.05) is 19.6 Å². The highest BCUT2D eigenvalue weighted by atomic mass is 15.2. The summed E-state index contributed by atoms with van der Waals surface area (Å²) >= 11 is 0. The molecule has 148 valence electrons. The predicted molar refractivity (Wildman–Crippen MR) is 110 cm³/mol. The summed E-state index contributed by atoms with van der Waals surface area (Å²) in [6.45, 7) is 14.2. The molecule has 6 heteroatoms. The standard InChI is InChI=1S/C20H38N6/c1-14-10-21-17(22-11-14)24-15-7-6-8-16(9-15)25-18-23-13-19(2,3)12-20(4,5)26-18/h14-16H,6-13H2,1-5H3,(H2,21,22,24)(H2,23,25,26). The third kappa shape index (κ3) is 5.52. The summed E-state index contributed by atoms with van der Waals surface area (Å²) in [4.78, 5) is 9.48. The van der Waals surface area contributed by atoms with Crippen LogP contribution < -0.4 is 21.3 Å². The maximum Gasteiger partial charge on any atom is 0.191 e. The fourth-order valence-electron chi connectivity index (χ4n) is 4.61. The van der Waals surface area contributed by atoms with Gasteiger partial charge in [-0.25, -0.2) is 0 Å². The molecular weight excluding hydrogens is 324 g/mol. The van der Waals surface area contributed by atoms with Gasteiger partial charge in [0.2, 0.25) is 0 Å². The van der Waals surface area contributed by atoms with Gasteiger partial charge in [0.25, 0.3) is 0 Å². The number of nitrogens with one attached hydrogen (secondary N) is 4. The van der Waals surface area contributed by atoms with Crippen LogP contribution in [-0.4, -0.2) is 49.2 Å². The number of guanidine groups is 2. The Bertz CT molecular complexity index is 551. The fraction of sp³-hybridized carbons (Fsp3) is 0.900. The molecule has 3 atom stereocenters. The molecule has 2 heterocycles. The second-order valence-electron chi connectivity index (χ2n) is 10.0. The molecule has 3 aliphatic rings. The first kappa shape index (κ1) is 19.3. The van der Waals surface area contributed by atoms with Crippen LogP contribution in [0.1, 0.15) is 66.7 Å². The lowest BCUT2D eigenvalue weighted by Gasteiger charge is -2.35. The lowest BCUT2D eigenvalue weighted by Crippen LogP contribution is -2.55. The zero-order valence-corrected chi connectivity index (χ0v) is 17.3. The molecule has 3 rings (SSSR count). The molecule has 4 N–H and O–H groups in total. The van der Waals surface area contributed by atoms with E-state index < -0.39 is 0 Å². The van der Waals surface area contributed by atoms with Crippen LogP contribution in [0.25, 0.3) is 0 Å². The highest BCUT2D eigenvalue weighted by Gasteiger charge is 2.33. The molecule has 3 unspecified atom stereocenters. The summed E-state index contributed by atoms with van der Waals surface area (Å²) in [5.74, 6) is 2.60. The second kappa shape index (κ2) is 7.65. The van der Waals surface area contributed by atoms with Gasteiger partial charge in [0.15, 0.2) is 11.9 Å². The van der Waals surface area contributed by atoms with E-state index in [0.29, 0.717) is 18.0 Å². The zero-order valence-electron chi connectivity index (χ0n) is 17.3. The van der Waals surface area contributed by atoms with Gasteiger partial charge in [0.1, 0.15) is 0 Å². The van der Waals surface area contributed by atoms with Crippen LogP contribution in [0.5, 0.6) is 0 Å². The molecule has 1 fully saturated rings. The van der Waals surface area contributed by atoms with Gasteiger partial charge >= 0.3 is 0 Å². The summed E-state index contributed by atoms with van der Waals surface area (Å²) in [6.07, 6.45) is 5.89. The van der Waals surface area contributed by atoms with Gasteiger partial charge in [-0.15, -0.1) is 0 Å². The third-order valence-corrected chi connectivity index (χ3v) is 5.58. The van der Waals surface area contributed by atoms with Crippen molar-refractivity contribution in [3.8, 4) is 0 Å². The molecule has 0 radical (unpaired) electrons. The van der Waals surface area contributed by atoms with E-state index in [1.807, 2.05) is 0 Å². The Hall–Kier alpha value is -1.46. The maximum absolute atomic E-state index is 4.85. The van der Waals surface area contributed by atoms with Crippen LogP contribution in [0.4, 0.5) is 0 Å². The first-order chi connectivity index (χ1) is 12.2. The Morgan fingerprint density at radius 2 is 1.69 bits per heavy atom. The molecule has 0 bridgehead atoms. The Labute approximate surface area is 159 Å². The van der Waals surface area contributed by atoms with E-state index in [4.69, 9.17) is 4.99 Å². The van der Waals surface area contributed by atoms with Crippen LogP contribution in [0.3, 0.4) is 0 Å². The average molecular weight is 363 g/mol. The van der Waals surface area contributed by atoms with Gasteiger partial charge in [0, 0.05) is 37.3 Å². The van der Waals surface area contributed by atoms with Crippen molar-refractivity contribution in [3.63, 3.8) is 0 Å². The SMILES string of the molecule is CC1CN=C(NC2CCCC(NC3=NCC(C)(C)CC(C)(C)N3)C2)NC1. The van der Waals surface area contributed by atoms with E-state index in [9.17, 15) is 0 Å². The molecule has 0 amide bonds. The Balaban J connectivity index is 1.55. The minimum atomic E-state index is 0.0651. The van der Waals surface area contributed by atoms with Gasteiger partial charge in [-0.1, -0.05) is 20.8 Å². The molecule has 0 saturated heterocycles. The summed E-state index contributed by atoms with van der Waals surface area (Å²) in [6, 6.07) is 0.948. The predicted octanol–water partition coefficient (Wildman–Crippen LogP) is 2.23. The Morgan fingerprint density at radius 3 is 2.35 bits per heavy atom.